The fraction of sp³-hybridized carbons (Fsp3) is 0.526. The van der Waals surface area contributed by atoms with Crippen LogP contribution in [-0.2, 0) is 27.2 Å². The molecule has 26 heavy (non-hydrogen) atoms. The zero-order valence-electron chi connectivity index (χ0n) is 15.8. The molecule has 140 valence electrons. The molecule has 1 aliphatic rings. The van der Waals surface area contributed by atoms with Crippen LogP contribution in [0.4, 0.5) is 5.69 Å². The monoisotopic (exact) mass is 376 g/mol. The van der Waals surface area contributed by atoms with Crippen LogP contribution in [0.1, 0.15) is 54.2 Å². The summed E-state index contributed by atoms with van der Waals surface area (Å²) in [7, 11) is 0. The number of thiophene rings is 1. The molecule has 0 N–H and O–H groups in total. The first kappa shape index (κ1) is 18.8. The van der Waals surface area contributed by atoms with Crippen molar-refractivity contribution in [2.45, 2.75) is 53.2 Å². The van der Waals surface area contributed by atoms with Gasteiger partial charge >= 0.3 is 5.97 Å². The van der Waals surface area contributed by atoms with Crippen LogP contribution in [0.25, 0.3) is 10.2 Å². The predicted molar refractivity (Wildman–Crippen MR) is 103 cm³/mol. The molecular formula is C19H24N2O4S. The summed E-state index contributed by atoms with van der Waals surface area (Å²) in [6, 6.07) is 0. The Morgan fingerprint density at radius 3 is 2.81 bits per heavy atom. The molecule has 0 aliphatic carbocycles. The van der Waals surface area contributed by atoms with Gasteiger partial charge in [-0.2, -0.15) is 0 Å². The highest BCUT2D eigenvalue weighted by Crippen LogP contribution is 2.44. The Morgan fingerprint density at radius 2 is 2.12 bits per heavy atom. The van der Waals surface area contributed by atoms with Crippen LogP contribution in [0.3, 0.4) is 0 Å². The minimum absolute atomic E-state index is 0.277. The molecule has 0 saturated carbocycles. The van der Waals surface area contributed by atoms with Gasteiger partial charge in [0.25, 0.3) is 0 Å². The van der Waals surface area contributed by atoms with Crippen molar-refractivity contribution in [3.63, 3.8) is 0 Å². The molecule has 0 radical (unpaired) electrons. The van der Waals surface area contributed by atoms with Gasteiger partial charge < -0.3 is 14.2 Å². The summed E-state index contributed by atoms with van der Waals surface area (Å²) in [5.41, 5.74) is 3.47. The van der Waals surface area contributed by atoms with Crippen molar-refractivity contribution in [2.24, 2.45) is 4.99 Å². The van der Waals surface area contributed by atoms with E-state index in [9.17, 15) is 4.79 Å². The number of ether oxygens (including phenoxy) is 3. The van der Waals surface area contributed by atoms with Crippen molar-refractivity contribution in [1.82, 2.24) is 4.98 Å². The van der Waals surface area contributed by atoms with Crippen LogP contribution < -0.4 is 0 Å². The lowest BCUT2D eigenvalue weighted by Gasteiger charge is -2.32. The number of rotatable bonds is 5. The third-order valence-corrected chi connectivity index (χ3v) is 5.38. The second-order valence-corrected chi connectivity index (χ2v) is 7.75. The predicted octanol–water partition coefficient (Wildman–Crippen LogP) is 4.33. The number of hydrogen-bond donors (Lipinski definition) is 0. The Morgan fingerprint density at radius 1 is 1.35 bits per heavy atom. The minimum Gasteiger partial charge on any atom is -0.483 e. The molecule has 0 unspecified atom stereocenters. The van der Waals surface area contributed by atoms with Gasteiger partial charge in [-0.1, -0.05) is 0 Å². The summed E-state index contributed by atoms with van der Waals surface area (Å²) in [6.07, 6.45) is 2.12. The normalized spacial score (nSPS) is 16.0. The SMILES string of the molecule is CCOC=Nc1c(C(=O)OCC)sc2nc(C)c3c(c12)CC(C)(C)OC3. The number of esters is 1. The molecule has 0 fully saturated rings. The Labute approximate surface area is 157 Å². The van der Waals surface area contributed by atoms with Gasteiger partial charge in [0, 0.05) is 23.1 Å². The maximum absolute atomic E-state index is 12.5. The van der Waals surface area contributed by atoms with Gasteiger partial charge in [-0.3, -0.25) is 0 Å². The molecule has 6 nitrogen and oxygen atoms in total. The Hall–Kier alpha value is -1.99. The molecular weight excluding hydrogens is 352 g/mol. The number of aryl methyl sites for hydroxylation is 1. The van der Waals surface area contributed by atoms with E-state index in [-0.39, 0.29) is 11.6 Å². The van der Waals surface area contributed by atoms with Crippen molar-refractivity contribution in [1.29, 1.82) is 0 Å². The zero-order valence-corrected chi connectivity index (χ0v) is 16.7. The average molecular weight is 376 g/mol. The number of aliphatic imine (C=N–C) groups is 1. The van der Waals surface area contributed by atoms with Crippen LogP contribution in [0.5, 0.6) is 0 Å². The van der Waals surface area contributed by atoms with Crippen LogP contribution >= 0.6 is 11.3 Å². The minimum atomic E-state index is -0.378. The summed E-state index contributed by atoms with van der Waals surface area (Å²) >= 11 is 1.32. The second kappa shape index (κ2) is 7.32. The molecule has 1 aliphatic heterocycles. The third-order valence-electron chi connectivity index (χ3n) is 4.33. The molecule has 3 rings (SSSR count). The van der Waals surface area contributed by atoms with Crippen molar-refractivity contribution in [3.8, 4) is 0 Å². The highest BCUT2D eigenvalue weighted by Gasteiger charge is 2.32. The number of aromatic nitrogens is 1. The zero-order chi connectivity index (χ0) is 18.9. The van der Waals surface area contributed by atoms with E-state index in [0.717, 1.165) is 33.5 Å². The molecule has 0 spiro atoms. The first-order chi connectivity index (χ1) is 12.4. The quantitative estimate of drug-likeness (QED) is 0.441. The fourth-order valence-corrected chi connectivity index (χ4v) is 4.20. The first-order valence-corrected chi connectivity index (χ1v) is 9.59. The molecule has 2 aromatic heterocycles. The van der Waals surface area contributed by atoms with Gasteiger partial charge in [-0.15, -0.1) is 11.3 Å². The van der Waals surface area contributed by atoms with E-state index < -0.39 is 0 Å². The Bertz CT molecular complexity index is 870. The Kier molecular flexibility index (Phi) is 5.29. The van der Waals surface area contributed by atoms with E-state index in [1.807, 2.05) is 13.8 Å². The van der Waals surface area contributed by atoms with E-state index >= 15 is 0 Å². The highest BCUT2D eigenvalue weighted by molar-refractivity contribution is 7.21. The molecule has 0 bridgehead atoms. The summed E-state index contributed by atoms with van der Waals surface area (Å²) in [5, 5.41) is 0.908. The van der Waals surface area contributed by atoms with E-state index in [2.05, 4.69) is 18.8 Å². The maximum atomic E-state index is 12.5. The fourth-order valence-electron chi connectivity index (χ4n) is 3.10. The first-order valence-electron chi connectivity index (χ1n) is 8.78. The number of fused-ring (bicyclic) bond motifs is 3. The molecule has 7 heteroatoms. The molecule has 0 atom stereocenters. The topological polar surface area (TPSA) is 70.0 Å². The Balaban J connectivity index is 2.26. The lowest BCUT2D eigenvalue weighted by molar-refractivity contribution is -0.0400. The molecule has 0 saturated heterocycles. The van der Waals surface area contributed by atoms with E-state index in [0.29, 0.717) is 30.4 Å². The lowest BCUT2D eigenvalue weighted by atomic mass is 9.89. The van der Waals surface area contributed by atoms with Gasteiger partial charge in [0.15, 0.2) is 6.40 Å². The highest BCUT2D eigenvalue weighted by atomic mass is 32.1. The average Bonchev–Trinajstić information content (AvgIpc) is 2.93. The third kappa shape index (κ3) is 3.46. The standard InChI is InChI=1S/C19H24N2O4S/c1-6-23-10-20-15-14-12-8-19(4,5)25-9-13(12)11(3)21-17(14)26-16(15)18(22)24-7-2/h10H,6-9H2,1-5H3. The molecule has 0 aromatic carbocycles. The lowest BCUT2D eigenvalue weighted by Crippen LogP contribution is -2.32. The van der Waals surface area contributed by atoms with E-state index in [1.165, 1.54) is 17.7 Å². The van der Waals surface area contributed by atoms with Gasteiger partial charge in [-0.05, 0) is 40.2 Å². The summed E-state index contributed by atoms with van der Waals surface area (Å²) in [5.74, 6) is -0.378. The number of carbonyl (C=O) groups is 1. The molecule has 2 aromatic rings. The van der Waals surface area contributed by atoms with Gasteiger partial charge in [0.05, 0.1) is 25.4 Å². The van der Waals surface area contributed by atoms with Crippen molar-refractivity contribution in [3.05, 3.63) is 21.7 Å². The summed E-state index contributed by atoms with van der Waals surface area (Å²) < 4.78 is 16.5. The van der Waals surface area contributed by atoms with Crippen LogP contribution in [0, 0.1) is 6.92 Å². The van der Waals surface area contributed by atoms with Crippen molar-refractivity contribution >= 4 is 39.6 Å². The van der Waals surface area contributed by atoms with Crippen LogP contribution in [-0.4, -0.2) is 36.2 Å². The van der Waals surface area contributed by atoms with Gasteiger partial charge in [0.2, 0.25) is 0 Å². The van der Waals surface area contributed by atoms with Crippen molar-refractivity contribution in [2.75, 3.05) is 13.2 Å². The van der Waals surface area contributed by atoms with Crippen LogP contribution in [0.15, 0.2) is 4.99 Å². The number of carbonyl (C=O) groups excluding carboxylic acids is 1. The molecule has 0 amide bonds. The smallest absolute Gasteiger partial charge is 0.350 e. The largest absolute Gasteiger partial charge is 0.483 e. The second-order valence-electron chi connectivity index (χ2n) is 6.75. The summed E-state index contributed by atoms with van der Waals surface area (Å²) in [4.78, 5) is 22.9. The number of nitrogens with zero attached hydrogens (tertiary/aromatic N) is 2. The maximum Gasteiger partial charge on any atom is 0.350 e. The number of hydrogen-bond acceptors (Lipinski definition) is 7. The van der Waals surface area contributed by atoms with E-state index in [1.54, 1.807) is 6.92 Å². The van der Waals surface area contributed by atoms with Crippen LogP contribution in [0.2, 0.25) is 0 Å². The number of pyridine rings is 1. The van der Waals surface area contributed by atoms with Crippen molar-refractivity contribution < 1.29 is 19.0 Å². The van der Waals surface area contributed by atoms with Gasteiger partial charge in [-0.25, -0.2) is 14.8 Å². The van der Waals surface area contributed by atoms with E-state index in [4.69, 9.17) is 19.2 Å². The summed E-state index contributed by atoms with van der Waals surface area (Å²) in [6.45, 7) is 11.1. The van der Waals surface area contributed by atoms with Gasteiger partial charge in [0.1, 0.15) is 15.4 Å². The molecule has 3 heterocycles.